The van der Waals surface area contributed by atoms with Crippen molar-refractivity contribution in [3.05, 3.63) is 34.1 Å². The summed E-state index contributed by atoms with van der Waals surface area (Å²) >= 11 is 3.09. The van der Waals surface area contributed by atoms with Gasteiger partial charge in [0.25, 0.3) is 5.91 Å². The summed E-state index contributed by atoms with van der Waals surface area (Å²) in [6.07, 6.45) is 0. The van der Waals surface area contributed by atoms with E-state index in [0.717, 1.165) is 0 Å². The van der Waals surface area contributed by atoms with Gasteiger partial charge in [-0.2, -0.15) is 0 Å². The number of benzene rings is 1. The maximum absolute atomic E-state index is 13.5. The molecule has 0 spiro atoms. The Hall–Kier alpha value is -1.47. The van der Waals surface area contributed by atoms with Crippen LogP contribution < -0.4 is 10.6 Å². The van der Waals surface area contributed by atoms with Crippen molar-refractivity contribution < 1.29 is 18.7 Å². The average molecular weight is 333 g/mol. The molecule has 0 unspecified atom stereocenters. The molecule has 0 saturated heterocycles. The molecule has 0 aliphatic heterocycles. The molecular formula is C12H14BrFN2O3. The molecule has 0 saturated carbocycles. The molecule has 0 aromatic heterocycles. The van der Waals surface area contributed by atoms with E-state index < -0.39 is 11.7 Å². The lowest BCUT2D eigenvalue weighted by atomic mass is 10.2. The summed E-state index contributed by atoms with van der Waals surface area (Å²) in [6, 6.07) is 4.21. The Labute approximate surface area is 118 Å². The van der Waals surface area contributed by atoms with Gasteiger partial charge in [-0.1, -0.05) is 6.07 Å². The molecule has 0 atom stereocenters. The molecule has 5 nitrogen and oxygen atoms in total. The lowest BCUT2D eigenvalue weighted by Gasteiger charge is -2.08. The normalized spacial score (nSPS) is 10.1. The van der Waals surface area contributed by atoms with Crippen LogP contribution in [-0.2, 0) is 9.53 Å². The number of rotatable bonds is 6. The zero-order valence-electron chi connectivity index (χ0n) is 10.3. The highest BCUT2D eigenvalue weighted by molar-refractivity contribution is 9.10. The Morgan fingerprint density at radius 3 is 2.74 bits per heavy atom. The predicted molar refractivity (Wildman–Crippen MR) is 71.3 cm³/mol. The molecule has 1 rings (SSSR count). The van der Waals surface area contributed by atoms with E-state index in [1.54, 1.807) is 6.07 Å². The smallest absolute Gasteiger partial charge is 0.255 e. The maximum Gasteiger partial charge on any atom is 0.255 e. The molecule has 1 aromatic carbocycles. The number of nitrogens with one attached hydrogen (secondary N) is 2. The summed E-state index contributed by atoms with van der Waals surface area (Å²) in [6.45, 7) is 0.524. The summed E-state index contributed by atoms with van der Waals surface area (Å²) in [7, 11) is 1.52. The van der Waals surface area contributed by atoms with Crippen LogP contribution >= 0.6 is 15.9 Å². The Morgan fingerprint density at radius 1 is 1.37 bits per heavy atom. The van der Waals surface area contributed by atoms with Crippen LogP contribution in [0.3, 0.4) is 0 Å². The minimum absolute atomic E-state index is 0.118. The highest BCUT2D eigenvalue weighted by atomic mass is 79.9. The summed E-state index contributed by atoms with van der Waals surface area (Å²) in [5.41, 5.74) is -0.118. The van der Waals surface area contributed by atoms with E-state index in [9.17, 15) is 14.0 Å². The third-order valence-corrected chi connectivity index (χ3v) is 2.89. The molecule has 1 aromatic rings. The molecule has 0 aliphatic carbocycles. The van der Waals surface area contributed by atoms with Crippen molar-refractivity contribution in [2.45, 2.75) is 0 Å². The first kappa shape index (κ1) is 15.6. The van der Waals surface area contributed by atoms with Gasteiger partial charge in [0.2, 0.25) is 5.91 Å². The van der Waals surface area contributed by atoms with Gasteiger partial charge < -0.3 is 15.4 Å². The largest absolute Gasteiger partial charge is 0.383 e. The Kier molecular flexibility index (Phi) is 6.44. The number of hydrogen-bond acceptors (Lipinski definition) is 3. The third-order valence-electron chi connectivity index (χ3n) is 2.23. The van der Waals surface area contributed by atoms with Gasteiger partial charge in [0.05, 0.1) is 18.7 Å². The van der Waals surface area contributed by atoms with E-state index >= 15 is 0 Å². The first-order valence-corrected chi connectivity index (χ1v) is 6.33. The van der Waals surface area contributed by atoms with Crippen LogP contribution in [0.15, 0.2) is 22.7 Å². The molecule has 104 valence electrons. The highest BCUT2D eigenvalue weighted by Gasteiger charge is 2.15. The van der Waals surface area contributed by atoms with Gasteiger partial charge in [0.1, 0.15) is 5.82 Å². The van der Waals surface area contributed by atoms with Crippen molar-refractivity contribution in [1.82, 2.24) is 10.6 Å². The molecule has 0 bridgehead atoms. The average Bonchev–Trinajstić information content (AvgIpc) is 2.36. The van der Waals surface area contributed by atoms with Crippen LogP contribution in [0, 0.1) is 5.82 Å². The summed E-state index contributed by atoms with van der Waals surface area (Å²) in [4.78, 5) is 23.1. The van der Waals surface area contributed by atoms with E-state index in [-0.39, 0.29) is 18.0 Å². The first-order valence-electron chi connectivity index (χ1n) is 5.54. The minimum atomic E-state index is -0.647. The van der Waals surface area contributed by atoms with Crippen molar-refractivity contribution in [2.75, 3.05) is 26.8 Å². The van der Waals surface area contributed by atoms with Gasteiger partial charge in [-0.3, -0.25) is 9.59 Å². The van der Waals surface area contributed by atoms with Crippen molar-refractivity contribution in [3.8, 4) is 0 Å². The van der Waals surface area contributed by atoms with Crippen molar-refractivity contribution >= 4 is 27.7 Å². The number of hydrogen-bond donors (Lipinski definition) is 2. The molecule has 0 aliphatic rings. The van der Waals surface area contributed by atoms with E-state index in [1.807, 2.05) is 0 Å². The standard InChI is InChI=1S/C12H14BrFN2O3/c1-19-6-5-15-10(17)7-16-12(18)11-8(13)3-2-4-9(11)14/h2-4H,5-7H2,1H3,(H,15,17)(H,16,18). The van der Waals surface area contributed by atoms with E-state index in [1.165, 1.54) is 19.2 Å². The van der Waals surface area contributed by atoms with Crippen LogP contribution in [-0.4, -0.2) is 38.6 Å². The highest BCUT2D eigenvalue weighted by Crippen LogP contribution is 2.19. The van der Waals surface area contributed by atoms with Crippen LogP contribution in [0.2, 0.25) is 0 Å². The van der Waals surface area contributed by atoms with Gasteiger partial charge >= 0.3 is 0 Å². The lowest BCUT2D eigenvalue weighted by molar-refractivity contribution is -0.120. The van der Waals surface area contributed by atoms with Crippen molar-refractivity contribution in [1.29, 1.82) is 0 Å². The number of ether oxygens (including phenoxy) is 1. The number of carbonyl (C=O) groups excluding carboxylic acids is 2. The molecule has 7 heteroatoms. The van der Waals surface area contributed by atoms with Crippen LogP contribution in [0.5, 0.6) is 0 Å². The number of methoxy groups -OCH3 is 1. The molecule has 2 N–H and O–H groups in total. The monoisotopic (exact) mass is 332 g/mol. The molecule has 0 radical (unpaired) electrons. The predicted octanol–water partition coefficient (Wildman–Crippen LogP) is 1.08. The zero-order chi connectivity index (χ0) is 14.3. The van der Waals surface area contributed by atoms with Crippen LogP contribution in [0.1, 0.15) is 10.4 Å². The number of amides is 2. The van der Waals surface area contributed by atoms with Crippen LogP contribution in [0.4, 0.5) is 4.39 Å². The van der Waals surface area contributed by atoms with E-state index in [4.69, 9.17) is 4.74 Å². The summed E-state index contributed by atoms with van der Waals surface area (Å²) in [5.74, 6) is -1.66. The third kappa shape index (κ3) is 4.96. The lowest BCUT2D eigenvalue weighted by Crippen LogP contribution is -2.38. The fourth-order valence-corrected chi connectivity index (χ4v) is 1.84. The summed E-state index contributed by atoms with van der Waals surface area (Å²) in [5, 5.41) is 4.88. The van der Waals surface area contributed by atoms with Crippen LogP contribution in [0.25, 0.3) is 0 Å². The second kappa shape index (κ2) is 7.85. The van der Waals surface area contributed by atoms with Gasteiger partial charge in [-0.15, -0.1) is 0 Å². The number of carbonyl (C=O) groups is 2. The number of halogens is 2. The second-order valence-corrected chi connectivity index (χ2v) is 4.48. The van der Waals surface area contributed by atoms with E-state index in [0.29, 0.717) is 17.6 Å². The fourth-order valence-electron chi connectivity index (χ4n) is 1.32. The first-order chi connectivity index (χ1) is 9.06. The molecular weight excluding hydrogens is 319 g/mol. The SMILES string of the molecule is COCCNC(=O)CNC(=O)c1c(F)cccc1Br. The Bertz CT molecular complexity index is 448. The Morgan fingerprint density at radius 2 is 2.11 bits per heavy atom. The molecule has 0 fully saturated rings. The topological polar surface area (TPSA) is 67.4 Å². The van der Waals surface area contributed by atoms with Gasteiger partial charge in [-0.05, 0) is 28.1 Å². The quantitative estimate of drug-likeness (QED) is 0.766. The van der Waals surface area contributed by atoms with Gasteiger partial charge in [0.15, 0.2) is 0 Å². The summed E-state index contributed by atoms with van der Waals surface area (Å²) < 4.78 is 18.6. The van der Waals surface area contributed by atoms with E-state index in [2.05, 4.69) is 26.6 Å². The van der Waals surface area contributed by atoms with Gasteiger partial charge in [-0.25, -0.2) is 4.39 Å². The maximum atomic E-state index is 13.5. The zero-order valence-corrected chi connectivity index (χ0v) is 11.9. The fraction of sp³-hybridized carbons (Fsp3) is 0.333. The van der Waals surface area contributed by atoms with Crippen molar-refractivity contribution in [3.63, 3.8) is 0 Å². The van der Waals surface area contributed by atoms with Gasteiger partial charge in [0, 0.05) is 18.1 Å². The molecule has 0 heterocycles. The Balaban J connectivity index is 2.49. The van der Waals surface area contributed by atoms with Crippen molar-refractivity contribution in [2.24, 2.45) is 0 Å². The second-order valence-electron chi connectivity index (χ2n) is 3.62. The minimum Gasteiger partial charge on any atom is -0.383 e. The molecule has 19 heavy (non-hydrogen) atoms. The molecule has 2 amide bonds.